The van der Waals surface area contributed by atoms with Crippen LogP contribution in [0.3, 0.4) is 0 Å². The molecule has 0 spiro atoms. The molecule has 0 bridgehead atoms. The lowest BCUT2D eigenvalue weighted by atomic mass is 9.81. The molecule has 94 valence electrons. The zero-order valence-corrected chi connectivity index (χ0v) is 12.0. The molecule has 0 fully saturated rings. The van der Waals surface area contributed by atoms with Crippen LogP contribution in [0, 0.1) is 5.41 Å². The van der Waals surface area contributed by atoms with Gasteiger partial charge in [0.25, 0.3) is 0 Å². The van der Waals surface area contributed by atoms with Crippen LogP contribution in [-0.4, -0.2) is 0 Å². The predicted octanol–water partition coefficient (Wildman–Crippen LogP) is 5.90. The summed E-state index contributed by atoms with van der Waals surface area (Å²) in [6, 6.07) is 0. The van der Waals surface area contributed by atoms with Gasteiger partial charge in [-0.3, -0.25) is 0 Å². The third-order valence-corrected chi connectivity index (χ3v) is 2.99. The number of allylic oxidation sites excluding steroid dienone is 3. The van der Waals surface area contributed by atoms with E-state index in [9.17, 15) is 0 Å². The zero-order valence-electron chi connectivity index (χ0n) is 12.0. The topological polar surface area (TPSA) is 0 Å². The van der Waals surface area contributed by atoms with Gasteiger partial charge < -0.3 is 0 Å². The van der Waals surface area contributed by atoms with Crippen LogP contribution in [0.25, 0.3) is 0 Å². The van der Waals surface area contributed by atoms with Gasteiger partial charge >= 0.3 is 0 Å². The summed E-state index contributed by atoms with van der Waals surface area (Å²) in [5.41, 5.74) is 3.23. The van der Waals surface area contributed by atoms with Gasteiger partial charge in [-0.15, -0.1) is 0 Å². The van der Waals surface area contributed by atoms with E-state index in [1.165, 1.54) is 43.3 Å². The number of hydrogen-bond acceptors (Lipinski definition) is 0. The van der Waals surface area contributed by atoms with Gasteiger partial charge in [-0.2, -0.15) is 0 Å². The summed E-state index contributed by atoms with van der Waals surface area (Å²) in [7, 11) is 0. The second kappa shape index (κ2) is 7.70. The number of unbranched alkanes of at least 4 members (excludes halogenated alkanes) is 1. The normalized spacial score (nSPS) is 12.9. The Hall–Kier alpha value is -0.520. The van der Waals surface area contributed by atoms with Crippen molar-refractivity contribution in [3.8, 4) is 0 Å². The smallest absolute Gasteiger partial charge is 0.0268 e. The highest BCUT2D eigenvalue weighted by molar-refractivity contribution is 5.20. The highest BCUT2D eigenvalue weighted by atomic mass is 14.2. The molecule has 0 aliphatic rings. The quantitative estimate of drug-likeness (QED) is 0.449. The predicted molar refractivity (Wildman–Crippen MR) is 75.7 cm³/mol. The van der Waals surface area contributed by atoms with Crippen LogP contribution < -0.4 is 0 Å². The Morgan fingerprint density at radius 3 is 2.31 bits per heavy atom. The molecule has 16 heavy (non-hydrogen) atoms. The molecule has 0 heterocycles. The molecule has 0 unspecified atom stereocenters. The third kappa shape index (κ3) is 7.73. The first kappa shape index (κ1) is 15.5. The number of hydrogen-bond donors (Lipinski definition) is 0. The summed E-state index contributed by atoms with van der Waals surface area (Å²) in [5.74, 6) is 0. The van der Waals surface area contributed by atoms with E-state index < -0.39 is 0 Å². The summed E-state index contributed by atoms with van der Waals surface area (Å²) in [4.78, 5) is 0. The first-order chi connectivity index (χ1) is 7.41. The van der Waals surface area contributed by atoms with Crippen molar-refractivity contribution in [1.29, 1.82) is 0 Å². The molecule has 0 rings (SSSR count). The van der Waals surface area contributed by atoms with E-state index in [4.69, 9.17) is 0 Å². The van der Waals surface area contributed by atoms with Crippen molar-refractivity contribution in [2.75, 3.05) is 0 Å². The van der Waals surface area contributed by atoms with Gasteiger partial charge in [0.05, 0.1) is 0 Å². The first-order valence-electron chi connectivity index (χ1n) is 6.76. The molecule has 0 aliphatic heterocycles. The summed E-state index contributed by atoms with van der Waals surface area (Å²) in [6.45, 7) is 15.6. The maximum absolute atomic E-state index is 4.13. The van der Waals surface area contributed by atoms with Gasteiger partial charge in [-0.05, 0) is 38.0 Å². The van der Waals surface area contributed by atoms with Gasteiger partial charge in [0.1, 0.15) is 0 Å². The van der Waals surface area contributed by atoms with E-state index in [0.29, 0.717) is 5.41 Å². The Balaban J connectivity index is 4.17. The van der Waals surface area contributed by atoms with Gasteiger partial charge in [0.2, 0.25) is 0 Å². The lowest BCUT2D eigenvalue weighted by Gasteiger charge is -2.24. The second-order valence-electron chi connectivity index (χ2n) is 5.84. The lowest BCUT2D eigenvalue weighted by molar-refractivity contribution is 0.328. The SMILES string of the molecule is C=C(/C=C(/C)CC(C)(C)CCC)CCCC. The number of rotatable bonds is 8. The van der Waals surface area contributed by atoms with Crippen molar-refractivity contribution in [3.05, 3.63) is 23.8 Å². The second-order valence-corrected chi connectivity index (χ2v) is 5.84. The summed E-state index contributed by atoms with van der Waals surface area (Å²) in [5, 5.41) is 0. The maximum atomic E-state index is 4.13. The summed E-state index contributed by atoms with van der Waals surface area (Å²) < 4.78 is 0. The summed E-state index contributed by atoms with van der Waals surface area (Å²) >= 11 is 0. The van der Waals surface area contributed by atoms with Crippen LogP contribution in [0.4, 0.5) is 0 Å². The van der Waals surface area contributed by atoms with Crippen LogP contribution in [-0.2, 0) is 0 Å². The minimum absolute atomic E-state index is 0.445. The monoisotopic (exact) mass is 222 g/mol. The van der Waals surface area contributed by atoms with Crippen LogP contribution in [0.5, 0.6) is 0 Å². The van der Waals surface area contributed by atoms with Gasteiger partial charge in [0.15, 0.2) is 0 Å². The first-order valence-corrected chi connectivity index (χ1v) is 6.76. The highest BCUT2D eigenvalue weighted by Gasteiger charge is 2.16. The average Bonchev–Trinajstić information content (AvgIpc) is 2.13. The molecule has 0 aromatic carbocycles. The van der Waals surface area contributed by atoms with Gasteiger partial charge in [0, 0.05) is 0 Å². The maximum Gasteiger partial charge on any atom is -0.0268 e. The van der Waals surface area contributed by atoms with Crippen molar-refractivity contribution in [2.45, 2.75) is 73.1 Å². The van der Waals surface area contributed by atoms with Crippen LogP contribution in [0.15, 0.2) is 23.8 Å². The Morgan fingerprint density at radius 1 is 1.19 bits per heavy atom. The van der Waals surface area contributed by atoms with E-state index >= 15 is 0 Å². The van der Waals surface area contributed by atoms with Crippen molar-refractivity contribution in [2.24, 2.45) is 5.41 Å². The van der Waals surface area contributed by atoms with Gasteiger partial charge in [-0.25, -0.2) is 0 Å². The Bertz CT molecular complexity index is 230. The van der Waals surface area contributed by atoms with Crippen molar-refractivity contribution >= 4 is 0 Å². The molecule has 0 saturated carbocycles. The molecule has 0 aromatic heterocycles. The van der Waals surface area contributed by atoms with Crippen LogP contribution in [0.1, 0.15) is 73.1 Å². The zero-order chi connectivity index (χ0) is 12.6. The highest BCUT2D eigenvalue weighted by Crippen LogP contribution is 2.30. The fourth-order valence-corrected chi connectivity index (χ4v) is 2.40. The van der Waals surface area contributed by atoms with E-state index in [0.717, 1.165) is 6.42 Å². The van der Waals surface area contributed by atoms with Crippen LogP contribution >= 0.6 is 0 Å². The lowest BCUT2D eigenvalue weighted by Crippen LogP contribution is -2.11. The molecule has 0 atom stereocenters. The molecule has 0 saturated heterocycles. The third-order valence-electron chi connectivity index (χ3n) is 2.99. The molecule has 0 heteroatoms. The van der Waals surface area contributed by atoms with Crippen molar-refractivity contribution in [3.63, 3.8) is 0 Å². The molecule has 0 nitrogen and oxygen atoms in total. The molecular formula is C16H30. The minimum atomic E-state index is 0.445. The largest absolute Gasteiger partial charge is 0.0958 e. The fraction of sp³-hybridized carbons (Fsp3) is 0.750. The van der Waals surface area contributed by atoms with E-state index in [1.54, 1.807) is 0 Å². The van der Waals surface area contributed by atoms with E-state index in [2.05, 4.69) is 47.3 Å². The molecular weight excluding hydrogens is 192 g/mol. The molecule has 0 radical (unpaired) electrons. The Labute approximate surface area is 103 Å². The van der Waals surface area contributed by atoms with Crippen molar-refractivity contribution < 1.29 is 0 Å². The van der Waals surface area contributed by atoms with E-state index in [1.807, 2.05) is 0 Å². The van der Waals surface area contributed by atoms with E-state index in [-0.39, 0.29) is 0 Å². The average molecular weight is 222 g/mol. The Kier molecular flexibility index (Phi) is 7.45. The molecule has 0 amide bonds. The minimum Gasteiger partial charge on any atom is -0.0958 e. The van der Waals surface area contributed by atoms with Crippen molar-refractivity contribution in [1.82, 2.24) is 0 Å². The summed E-state index contributed by atoms with van der Waals surface area (Å²) in [6.07, 6.45) is 9.76. The van der Waals surface area contributed by atoms with Crippen LogP contribution in [0.2, 0.25) is 0 Å². The molecule has 0 aliphatic carbocycles. The standard InChI is InChI=1S/C16H30/c1-7-9-10-14(3)12-15(4)13-16(5,6)11-8-2/h12H,3,7-11,13H2,1-2,4-6H3/b15-12-. The van der Waals surface area contributed by atoms with Gasteiger partial charge in [-0.1, -0.05) is 64.3 Å². The Morgan fingerprint density at radius 2 is 1.81 bits per heavy atom. The fourth-order valence-electron chi connectivity index (χ4n) is 2.40. The molecule has 0 N–H and O–H groups in total. The molecule has 0 aromatic rings.